The Morgan fingerprint density at radius 2 is 1.00 bits per heavy atom. The van der Waals surface area contributed by atoms with Gasteiger partial charge in [-0.3, -0.25) is 0 Å². The first-order valence-corrected chi connectivity index (χ1v) is 6.56. The molecule has 0 aromatic rings. The maximum absolute atomic E-state index is 4.49. The maximum Gasteiger partial charge on any atom is 0.0619 e. The molecule has 0 N–H and O–H groups in total. The first kappa shape index (κ1) is 11.6. The second-order valence-corrected chi connectivity index (χ2v) is 5.07. The van der Waals surface area contributed by atoms with E-state index in [9.17, 15) is 0 Å². The Kier molecular flexibility index (Phi) is 3.92. The zero-order chi connectivity index (χ0) is 11.4. The molecule has 0 saturated heterocycles. The molecule has 88 valence electrons. The van der Waals surface area contributed by atoms with E-state index in [2.05, 4.69) is 24.1 Å². The van der Waals surface area contributed by atoms with Crippen LogP contribution in [0.5, 0.6) is 0 Å². The number of hydrogen-bond donors (Lipinski definition) is 0. The van der Waals surface area contributed by atoms with E-state index >= 15 is 0 Å². The van der Waals surface area contributed by atoms with Gasteiger partial charge in [-0.15, -0.1) is 0 Å². The lowest BCUT2D eigenvalue weighted by Gasteiger charge is -2.15. The van der Waals surface area contributed by atoms with Crippen LogP contribution >= 0.6 is 0 Å². The zero-order valence-electron chi connectivity index (χ0n) is 10.6. The third-order valence-corrected chi connectivity index (χ3v) is 3.71. The molecule has 0 saturated carbocycles. The van der Waals surface area contributed by atoms with Gasteiger partial charge in [0.05, 0.1) is 11.4 Å². The molecule has 0 amide bonds. The van der Waals surface area contributed by atoms with Crippen molar-refractivity contribution in [1.82, 2.24) is 0 Å². The van der Waals surface area contributed by atoms with Crippen LogP contribution in [-0.4, -0.2) is 0 Å². The molecule has 0 fully saturated rings. The fourth-order valence-corrected chi connectivity index (χ4v) is 2.47. The van der Waals surface area contributed by atoms with Gasteiger partial charge in [0.2, 0.25) is 0 Å². The van der Waals surface area contributed by atoms with Gasteiger partial charge < -0.3 is 0 Å². The monoisotopic (exact) mass is 218 g/mol. The number of hydrogen-bond acceptors (Lipinski definition) is 2. The van der Waals surface area contributed by atoms with Crippen LogP contribution in [0.3, 0.4) is 0 Å². The summed E-state index contributed by atoms with van der Waals surface area (Å²) in [5, 5.41) is 8.97. The van der Waals surface area contributed by atoms with Gasteiger partial charge in [-0.2, -0.15) is 10.2 Å². The minimum absolute atomic E-state index is 1.13. The van der Waals surface area contributed by atoms with Crippen molar-refractivity contribution in [3.63, 3.8) is 0 Å². The summed E-state index contributed by atoms with van der Waals surface area (Å²) < 4.78 is 0. The van der Waals surface area contributed by atoms with Gasteiger partial charge in [-0.1, -0.05) is 0 Å². The van der Waals surface area contributed by atoms with Crippen molar-refractivity contribution in [3.05, 3.63) is 22.5 Å². The highest BCUT2D eigenvalue weighted by atomic mass is 15.1. The van der Waals surface area contributed by atoms with Crippen LogP contribution in [0.4, 0.5) is 0 Å². The van der Waals surface area contributed by atoms with Crippen LogP contribution < -0.4 is 0 Å². The molecule has 2 aliphatic rings. The number of nitrogens with zero attached hydrogens (tertiary/aromatic N) is 2. The fraction of sp³-hybridized carbons (Fsp3) is 0.714. The number of allylic oxidation sites excluding steroid dienone is 4. The third-order valence-electron chi connectivity index (χ3n) is 3.71. The van der Waals surface area contributed by atoms with Crippen LogP contribution in [0.15, 0.2) is 32.8 Å². The molecule has 2 nitrogen and oxygen atoms in total. The van der Waals surface area contributed by atoms with Gasteiger partial charge >= 0.3 is 0 Å². The van der Waals surface area contributed by atoms with Gasteiger partial charge in [0.15, 0.2) is 0 Å². The molecular formula is C14H22N2. The predicted molar refractivity (Wildman–Crippen MR) is 67.2 cm³/mol. The molecule has 16 heavy (non-hydrogen) atoms. The molecule has 0 heterocycles. The second kappa shape index (κ2) is 5.42. The smallest absolute Gasteiger partial charge is 0.0619 e. The SMILES string of the molecule is CC1=C(N=NC2=C(C)CCCC2)CCCC1. The third kappa shape index (κ3) is 2.81. The van der Waals surface area contributed by atoms with Gasteiger partial charge in [-0.05, 0) is 76.4 Å². The Morgan fingerprint density at radius 3 is 1.38 bits per heavy atom. The fourth-order valence-electron chi connectivity index (χ4n) is 2.47. The topological polar surface area (TPSA) is 24.7 Å². The van der Waals surface area contributed by atoms with E-state index in [4.69, 9.17) is 0 Å². The summed E-state index contributed by atoms with van der Waals surface area (Å²) in [5.41, 5.74) is 5.39. The molecule has 2 rings (SSSR count). The predicted octanol–water partition coefficient (Wildman–Crippen LogP) is 5.13. The zero-order valence-corrected chi connectivity index (χ0v) is 10.6. The van der Waals surface area contributed by atoms with Crippen molar-refractivity contribution in [3.8, 4) is 0 Å². The Bertz CT molecular complexity index is 314. The molecule has 0 aromatic carbocycles. The minimum Gasteiger partial charge on any atom is -0.155 e. The van der Waals surface area contributed by atoms with Gasteiger partial charge in [0.1, 0.15) is 0 Å². The summed E-state index contributed by atoms with van der Waals surface area (Å²) in [5.74, 6) is 0. The molecule has 2 aliphatic carbocycles. The highest BCUT2D eigenvalue weighted by molar-refractivity contribution is 5.16. The molecule has 0 atom stereocenters. The van der Waals surface area contributed by atoms with Crippen molar-refractivity contribution >= 4 is 0 Å². The van der Waals surface area contributed by atoms with Gasteiger partial charge in [0, 0.05) is 0 Å². The van der Waals surface area contributed by atoms with E-state index in [0.29, 0.717) is 0 Å². The highest BCUT2D eigenvalue weighted by Crippen LogP contribution is 2.28. The average Bonchev–Trinajstić information content (AvgIpc) is 2.30. The molecular weight excluding hydrogens is 196 g/mol. The van der Waals surface area contributed by atoms with E-state index in [1.54, 1.807) is 0 Å². The van der Waals surface area contributed by atoms with Crippen molar-refractivity contribution in [2.45, 2.75) is 65.2 Å². The lowest BCUT2D eigenvalue weighted by Crippen LogP contribution is -1.97. The van der Waals surface area contributed by atoms with Crippen molar-refractivity contribution in [2.24, 2.45) is 10.2 Å². The van der Waals surface area contributed by atoms with Crippen molar-refractivity contribution < 1.29 is 0 Å². The molecule has 0 spiro atoms. The largest absolute Gasteiger partial charge is 0.155 e. The summed E-state index contributed by atoms with van der Waals surface area (Å²) in [6, 6.07) is 0. The summed E-state index contributed by atoms with van der Waals surface area (Å²) >= 11 is 0. The lowest BCUT2D eigenvalue weighted by molar-refractivity contribution is 0.641. The maximum atomic E-state index is 4.49. The summed E-state index contributed by atoms with van der Waals surface area (Å²) in [6.45, 7) is 4.41. The number of azo groups is 1. The van der Waals surface area contributed by atoms with Crippen LogP contribution in [0.1, 0.15) is 65.2 Å². The van der Waals surface area contributed by atoms with E-state index in [-0.39, 0.29) is 0 Å². The normalized spacial score (nSPS) is 23.4. The van der Waals surface area contributed by atoms with Crippen LogP contribution in [-0.2, 0) is 0 Å². The van der Waals surface area contributed by atoms with E-state index in [1.807, 2.05) is 0 Å². The summed E-state index contributed by atoms with van der Waals surface area (Å²) in [6.07, 6.45) is 9.90. The van der Waals surface area contributed by atoms with Gasteiger partial charge in [0.25, 0.3) is 0 Å². The molecule has 0 radical (unpaired) electrons. The molecule has 0 bridgehead atoms. The molecule has 0 unspecified atom stereocenters. The van der Waals surface area contributed by atoms with E-state index in [1.165, 1.54) is 61.1 Å². The Morgan fingerprint density at radius 1 is 0.625 bits per heavy atom. The molecule has 2 heteroatoms. The summed E-state index contributed by atoms with van der Waals surface area (Å²) in [7, 11) is 0. The molecule has 0 aliphatic heterocycles. The van der Waals surface area contributed by atoms with E-state index < -0.39 is 0 Å². The minimum atomic E-state index is 1.13. The van der Waals surface area contributed by atoms with Crippen LogP contribution in [0.25, 0.3) is 0 Å². The average molecular weight is 218 g/mol. The van der Waals surface area contributed by atoms with Crippen LogP contribution in [0.2, 0.25) is 0 Å². The molecule has 0 aromatic heterocycles. The van der Waals surface area contributed by atoms with Gasteiger partial charge in [-0.25, -0.2) is 0 Å². The van der Waals surface area contributed by atoms with E-state index in [0.717, 1.165) is 12.8 Å². The Balaban J connectivity index is 2.08. The standard InChI is InChI=1S/C14H22N2/c1-11-7-3-5-9-13(11)15-16-14-10-6-4-8-12(14)2/h3-10H2,1-2H3. The second-order valence-electron chi connectivity index (χ2n) is 5.07. The highest BCUT2D eigenvalue weighted by Gasteiger charge is 2.11. The van der Waals surface area contributed by atoms with Crippen molar-refractivity contribution in [2.75, 3.05) is 0 Å². The lowest BCUT2D eigenvalue weighted by atomic mass is 9.97. The van der Waals surface area contributed by atoms with Crippen molar-refractivity contribution in [1.29, 1.82) is 0 Å². The quantitative estimate of drug-likeness (QED) is 0.574. The first-order valence-electron chi connectivity index (χ1n) is 6.56. The first-order chi connectivity index (χ1) is 7.77. The Hall–Kier alpha value is -0.920. The summed E-state index contributed by atoms with van der Waals surface area (Å²) in [4.78, 5) is 0. The van der Waals surface area contributed by atoms with Crippen LogP contribution in [0, 0.1) is 0 Å². The number of rotatable bonds is 2. The Labute approximate surface area is 98.5 Å².